The molecular weight excluding hydrogens is 276 g/mol. The third-order valence-electron chi connectivity index (χ3n) is 4.36. The van der Waals surface area contributed by atoms with E-state index in [4.69, 9.17) is 4.52 Å². The van der Waals surface area contributed by atoms with Crippen LogP contribution in [0.25, 0.3) is 0 Å². The van der Waals surface area contributed by atoms with Crippen LogP contribution in [0.15, 0.2) is 28.8 Å². The van der Waals surface area contributed by atoms with E-state index in [2.05, 4.69) is 12.1 Å². The number of hydrogen-bond donors (Lipinski definition) is 0. The van der Waals surface area contributed by atoms with E-state index in [-0.39, 0.29) is 5.91 Å². The maximum Gasteiger partial charge on any atom is 0.280 e. The standard InChI is InChI=1S/C18H22N2O2/c1-4-20(14-7-5-6-12(2)10-14)18(21)17-15-11-13(3)8-9-16(15)22-19-17/h5-7,10,13H,4,8-9,11H2,1-3H3/t13-/m0/s1. The number of fused-ring (bicyclic) bond motifs is 1. The van der Waals surface area contributed by atoms with Gasteiger partial charge in [-0.25, -0.2) is 0 Å². The Hall–Kier alpha value is -2.10. The molecule has 4 heteroatoms. The van der Waals surface area contributed by atoms with Crippen molar-refractivity contribution >= 4 is 11.6 Å². The Bertz CT molecular complexity index is 690. The molecule has 2 aromatic rings. The van der Waals surface area contributed by atoms with Crippen molar-refractivity contribution in [1.82, 2.24) is 5.16 Å². The fourth-order valence-corrected chi connectivity index (χ4v) is 3.11. The summed E-state index contributed by atoms with van der Waals surface area (Å²) in [5, 5.41) is 4.08. The number of rotatable bonds is 3. The summed E-state index contributed by atoms with van der Waals surface area (Å²) in [7, 11) is 0. The number of aromatic nitrogens is 1. The van der Waals surface area contributed by atoms with E-state index < -0.39 is 0 Å². The number of amides is 1. The van der Waals surface area contributed by atoms with Crippen LogP contribution in [0.1, 0.15) is 47.6 Å². The topological polar surface area (TPSA) is 46.3 Å². The molecule has 1 aromatic carbocycles. The summed E-state index contributed by atoms with van der Waals surface area (Å²) in [5.74, 6) is 1.40. The Labute approximate surface area is 131 Å². The summed E-state index contributed by atoms with van der Waals surface area (Å²) in [4.78, 5) is 14.7. The largest absolute Gasteiger partial charge is 0.360 e. The van der Waals surface area contributed by atoms with Crippen molar-refractivity contribution in [3.8, 4) is 0 Å². The summed E-state index contributed by atoms with van der Waals surface area (Å²) in [6, 6.07) is 7.99. The lowest BCUT2D eigenvalue weighted by molar-refractivity contribution is 0.0978. The molecule has 0 spiro atoms. The Balaban J connectivity index is 1.94. The van der Waals surface area contributed by atoms with E-state index in [1.54, 1.807) is 4.90 Å². The minimum Gasteiger partial charge on any atom is -0.360 e. The number of aryl methyl sites for hydroxylation is 2. The summed E-state index contributed by atoms with van der Waals surface area (Å²) in [6.45, 7) is 6.83. The van der Waals surface area contributed by atoms with Gasteiger partial charge in [-0.2, -0.15) is 0 Å². The van der Waals surface area contributed by atoms with Crippen LogP contribution in [0.5, 0.6) is 0 Å². The maximum atomic E-state index is 12.9. The molecule has 3 rings (SSSR count). The number of benzene rings is 1. The fourth-order valence-electron chi connectivity index (χ4n) is 3.11. The van der Waals surface area contributed by atoms with Crippen molar-refractivity contribution in [2.45, 2.75) is 40.0 Å². The molecule has 1 aliphatic rings. The predicted molar refractivity (Wildman–Crippen MR) is 86.2 cm³/mol. The lowest BCUT2D eigenvalue weighted by atomic mass is 9.88. The predicted octanol–water partition coefficient (Wildman–Crippen LogP) is 3.77. The highest BCUT2D eigenvalue weighted by atomic mass is 16.5. The van der Waals surface area contributed by atoms with Crippen LogP contribution < -0.4 is 4.90 Å². The molecular formula is C18H22N2O2. The highest BCUT2D eigenvalue weighted by Crippen LogP contribution is 2.29. The van der Waals surface area contributed by atoms with E-state index >= 15 is 0 Å². The molecule has 0 saturated carbocycles. The van der Waals surface area contributed by atoms with Gasteiger partial charge in [-0.15, -0.1) is 0 Å². The Kier molecular flexibility index (Phi) is 4.01. The van der Waals surface area contributed by atoms with Gasteiger partial charge in [-0.3, -0.25) is 4.79 Å². The van der Waals surface area contributed by atoms with Crippen molar-refractivity contribution in [2.24, 2.45) is 5.92 Å². The van der Waals surface area contributed by atoms with Gasteiger partial charge in [-0.1, -0.05) is 24.2 Å². The van der Waals surface area contributed by atoms with Crippen LogP contribution in [0, 0.1) is 12.8 Å². The highest BCUT2D eigenvalue weighted by Gasteiger charge is 2.29. The van der Waals surface area contributed by atoms with Crippen LogP contribution in [0.2, 0.25) is 0 Å². The second kappa shape index (κ2) is 5.95. The summed E-state index contributed by atoms with van der Waals surface area (Å²) in [6.07, 6.45) is 2.86. The third-order valence-corrected chi connectivity index (χ3v) is 4.36. The molecule has 4 nitrogen and oxygen atoms in total. The first kappa shape index (κ1) is 14.8. The lowest BCUT2D eigenvalue weighted by Gasteiger charge is -2.22. The molecule has 1 atom stereocenters. The molecule has 1 heterocycles. The molecule has 22 heavy (non-hydrogen) atoms. The molecule has 0 bridgehead atoms. The van der Waals surface area contributed by atoms with Crippen molar-refractivity contribution in [3.63, 3.8) is 0 Å². The van der Waals surface area contributed by atoms with Crippen molar-refractivity contribution in [2.75, 3.05) is 11.4 Å². The van der Waals surface area contributed by atoms with Gasteiger partial charge < -0.3 is 9.42 Å². The van der Waals surface area contributed by atoms with E-state index in [9.17, 15) is 4.79 Å². The average Bonchev–Trinajstić information content (AvgIpc) is 2.91. The Morgan fingerprint density at radius 2 is 2.27 bits per heavy atom. The van der Waals surface area contributed by atoms with Crippen molar-refractivity contribution in [1.29, 1.82) is 0 Å². The quantitative estimate of drug-likeness (QED) is 0.866. The molecule has 0 N–H and O–H groups in total. The van der Waals surface area contributed by atoms with Crippen molar-refractivity contribution < 1.29 is 9.32 Å². The zero-order chi connectivity index (χ0) is 15.7. The minimum atomic E-state index is -0.0628. The van der Waals surface area contributed by atoms with Gasteiger partial charge in [0.15, 0.2) is 5.69 Å². The smallest absolute Gasteiger partial charge is 0.280 e. The molecule has 0 fully saturated rings. The highest BCUT2D eigenvalue weighted by molar-refractivity contribution is 6.05. The Morgan fingerprint density at radius 3 is 3.00 bits per heavy atom. The number of anilines is 1. The molecule has 116 valence electrons. The van der Waals surface area contributed by atoms with E-state index in [0.717, 1.165) is 41.8 Å². The first-order valence-corrected chi connectivity index (χ1v) is 7.96. The zero-order valence-electron chi connectivity index (χ0n) is 13.4. The SMILES string of the molecule is CCN(C(=O)c1noc2c1C[C@@H](C)CC2)c1cccc(C)c1. The monoisotopic (exact) mass is 298 g/mol. The third kappa shape index (κ3) is 2.65. The molecule has 0 unspecified atom stereocenters. The van der Waals surface area contributed by atoms with Gasteiger partial charge in [0.1, 0.15) is 5.76 Å². The number of carbonyl (C=O) groups excluding carboxylic acids is 1. The summed E-state index contributed by atoms with van der Waals surface area (Å²) >= 11 is 0. The second-order valence-corrected chi connectivity index (χ2v) is 6.17. The first-order chi connectivity index (χ1) is 10.6. The molecule has 1 aromatic heterocycles. The summed E-state index contributed by atoms with van der Waals surface area (Å²) in [5.41, 5.74) is 3.55. The normalized spacial score (nSPS) is 17.1. The number of hydrogen-bond acceptors (Lipinski definition) is 3. The molecule has 1 amide bonds. The molecule has 1 aliphatic carbocycles. The van der Waals surface area contributed by atoms with E-state index in [1.807, 2.05) is 38.1 Å². The van der Waals surface area contributed by atoms with Gasteiger partial charge in [0.2, 0.25) is 0 Å². The summed E-state index contributed by atoms with van der Waals surface area (Å²) < 4.78 is 5.41. The van der Waals surface area contributed by atoms with Gasteiger partial charge in [0.05, 0.1) is 0 Å². The van der Waals surface area contributed by atoms with Crippen molar-refractivity contribution in [3.05, 3.63) is 46.8 Å². The maximum absolute atomic E-state index is 12.9. The van der Waals surface area contributed by atoms with Crippen LogP contribution in [0.4, 0.5) is 5.69 Å². The van der Waals surface area contributed by atoms with Gasteiger partial charge in [0.25, 0.3) is 5.91 Å². The van der Waals surface area contributed by atoms with Crippen LogP contribution >= 0.6 is 0 Å². The fraction of sp³-hybridized carbons (Fsp3) is 0.444. The average molecular weight is 298 g/mol. The van der Waals surface area contributed by atoms with Crippen LogP contribution in [0.3, 0.4) is 0 Å². The lowest BCUT2D eigenvalue weighted by Crippen LogP contribution is -2.32. The molecule has 0 saturated heterocycles. The van der Waals surface area contributed by atoms with Gasteiger partial charge in [-0.05, 0) is 50.3 Å². The van der Waals surface area contributed by atoms with Gasteiger partial charge >= 0.3 is 0 Å². The second-order valence-electron chi connectivity index (χ2n) is 6.17. The number of carbonyl (C=O) groups is 1. The van der Waals surface area contributed by atoms with E-state index in [0.29, 0.717) is 18.2 Å². The zero-order valence-corrected chi connectivity index (χ0v) is 13.4. The number of nitrogens with zero attached hydrogens (tertiary/aromatic N) is 2. The Morgan fingerprint density at radius 1 is 1.45 bits per heavy atom. The van der Waals surface area contributed by atoms with Crippen LogP contribution in [-0.4, -0.2) is 17.6 Å². The van der Waals surface area contributed by atoms with E-state index in [1.165, 1.54) is 0 Å². The van der Waals surface area contributed by atoms with Gasteiger partial charge in [0, 0.05) is 24.2 Å². The minimum absolute atomic E-state index is 0.0628. The molecule has 0 aliphatic heterocycles. The van der Waals surface area contributed by atoms with Crippen LogP contribution in [-0.2, 0) is 12.8 Å². The molecule has 0 radical (unpaired) electrons. The first-order valence-electron chi connectivity index (χ1n) is 7.96.